The van der Waals surface area contributed by atoms with Gasteiger partial charge in [0.15, 0.2) is 0 Å². The fourth-order valence-electron chi connectivity index (χ4n) is 1.83. The molecule has 0 fully saturated rings. The summed E-state index contributed by atoms with van der Waals surface area (Å²) in [7, 11) is 1.36. The highest BCUT2D eigenvalue weighted by molar-refractivity contribution is 5.91. The van der Waals surface area contributed by atoms with Crippen LogP contribution in [0.15, 0.2) is 28.7 Å². The van der Waals surface area contributed by atoms with Crippen LogP contribution in [-0.2, 0) is 16.1 Å². The average Bonchev–Trinajstić information content (AvgIpc) is 2.86. The number of methoxy groups -OCH3 is 1. The Kier molecular flexibility index (Phi) is 4.37. The van der Waals surface area contributed by atoms with Gasteiger partial charge in [0.25, 0.3) is 0 Å². The summed E-state index contributed by atoms with van der Waals surface area (Å²) in [6, 6.07) is 6.94. The number of esters is 1. The highest BCUT2D eigenvalue weighted by Crippen LogP contribution is 2.20. The third-order valence-corrected chi connectivity index (χ3v) is 2.85. The summed E-state index contributed by atoms with van der Waals surface area (Å²) in [5.74, 6) is -1.41. The molecule has 0 radical (unpaired) electrons. The van der Waals surface area contributed by atoms with Crippen molar-refractivity contribution in [3.63, 3.8) is 0 Å². The smallest absolute Gasteiger partial charge is 0.371 e. The monoisotopic (exact) mass is 277 g/mol. The first-order chi connectivity index (χ1) is 9.60. The number of nitrogens with one attached hydrogen (secondary N) is 1. The second-order valence-electron chi connectivity index (χ2n) is 4.29. The van der Waals surface area contributed by atoms with E-state index in [1.165, 1.54) is 13.2 Å². The van der Waals surface area contributed by atoms with Crippen LogP contribution in [0.1, 0.15) is 22.5 Å². The number of furan rings is 1. The van der Waals surface area contributed by atoms with E-state index in [2.05, 4.69) is 10.1 Å². The lowest BCUT2D eigenvalue weighted by Gasteiger charge is -2.04. The summed E-state index contributed by atoms with van der Waals surface area (Å²) in [6.07, 6.45) is 0.313. The molecule has 0 atom stereocenters. The number of rotatable bonds is 6. The highest BCUT2D eigenvalue weighted by atomic mass is 16.5. The molecule has 1 heterocycles. The zero-order valence-electron chi connectivity index (χ0n) is 11.0. The van der Waals surface area contributed by atoms with Gasteiger partial charge < -0.3 is 19.6 Å². The molecule has 0 unspecified atom stereocenters. The molecule has 20 heavy (non-hydrogen) atoms. The fraction of sp³-hybridized carbons (Fsp3) is 0.286. The Morgan fingerprint density at radius 1 is 1.35 bits per heavy atom. The van der Waals surface area contributed by atoms with E-state index >= 15 is 0 Å². The Morgan fingerprint density at radius 3 is 2.85 bits per heavy atom. The first-order valence-corrected chi connectivity index (χ1v) is 6.13. The van der Waals surface area contributed by atoms with Crippen LogP contribution >= 0.6 is 0 Å². The Morgan fingerprint density at radius 2 is 2.15 bits per heavy atom. The van der Waals surface area contributed by atoms with Gasteiger partial charge in [-0.15, -0.1) is 0 Å². The minimum atomic E-state index is -1.08. The number of carbonyl (C=O) groups is 2. The van der Waals surface area contributed by atoms with Crippen LogP contribution in [0.2, 0.25) is 0 Å². The second kappa shape index (κ2) is 6.21. The molecular weight excluding hydrogens is 262 g/mol. The van der Waals surface area contributed by atoms with Gasteiger partial charge in [0.2, 0.25) is 5.76 Å². The zero-order chi connectivity index (χ0) is 14.5. The van der Waals surface area contributed by atoms with Crippen molar-refractivity contribution in [3.05, 3.63) is 35.6 Å². The number of benzene rings is 1. The third-order valence-electron chi connectivity index (χ3n) is 2.85. The van der Waals surface area contributed by atoms with E-state index in [0.29, 0.717) is 25.1 Å². The molecule has 0 spiro atoms. The first kappa shape index (κ1) is 14.1. The summed E-state index contributed by atoms with van der Waals surface area (Å²) in [4.78, 5) is 21.7. The molecule has 6 nitrogen and oxygen atoms in total. The predicted octanol–water partition coefficient (Wildman–Crippen LogP) is 1.78. The Bertz CT molecular complexity index is 632. The molecule has 0 aliphatic carbocycles. The lowest BCUT2D eigenvalue weighted by Crippen LogP contribution is -2.18. The highest BCUT2D eigenvalue weighted by Gasteiger charge is 2.10. The van der Waals surface area contributed by atoms with Gasteiger partial charge in [-0.25, -0.2) is 4.79 Å². The lowest BCUT2D eigenvalue weighted by molar-refractivity contribution is -0.140. The van der Waals surface area contributed by atoms with Crippen LogP contribution in [0, 0.1) is 0 Å². The van der Waals surface area contributed by atoms with Gasteiger partial charge in [0, 0.05) is 18.5 Å². The van der Waals surface area contributed by atoms with E-state index in [1.807, 2.05) is 12.1 Å². The maximum atomic E-state index is 10.9. The Balaban J connectivity index is 1.97. The molecule has 2 rings (SSSR count). The number of carboxylic acids is 1. The van der Waals surface area contributed by atoms with Gasteiger partial charge in [0.1, 0.15) is 5.58 Å². The largest absolute Gasteiger partial charge is 0.475 e. The van der Waals surface area contributed by atoms with E-state index in [9.17, 15) is 9.59 Å². The molecular formula is C14H15NO5. The number of hydrogen-bond acceptors (Lipinski definition) is 5. The second-order valence-corrected chi connectivity index (χ2v) is 4.29. The zero-order valence-corrected chi connectivity index (χ0v) is 11.0. The van der Waals surface area contributed by atoms with Crippen LogP contribution in [0.4, 0.5) is 0 Å². The lowest BCUT2D eigenvalue weighted by atomic mass is 10.1. The SMILES string of the molecule is COC(=O)CCNCc1ccc2oc(C(=O)O)cc2c1. The summed E-state index contributed by atoms with van der Waals surface area (Å²) < 4.78 is 9.71. The number of carbonyl (C=O) groups excluding carboxylic acids is 1. The molecule has 1 aromatic heterocycles. The fourth-order valence-corrected chi connectivity index (χ4v) is 1.83. The standard InChI is InChI=1S/C14H15NO5/c1-19-13(16)4-5-15-8-9-2-3-11-10(6-9)7-12(20-11)14(17)18/h2-3,6-7,15H,4-5,8H2,1H3,(H,17,18). The molecule has 0 saturated carbocycles. The van der Waals surface area contributed by atoms with Crippen molar-refractivity contribution in [2.75, 3.05) is 13.7 Å². The predicted molar refractivity (Wildman–Crippen MR) is 71.5 cm³/mol. The quantitative estimate of drug-likeness (QED) is 0.618. The van der Waals surface area contributed by atoms with Crippen molar-refractivity contribution in [2.24, 2.45) is 0 Å². The molecule has 1 aromatic carbocycles. The molecule has 0 saturated heterocycles. The van der Waals surface area contributed by atoms with E-state index in [1.54, 1.807) is 6.07 Å². The first-order valence-electron chi connectivity index (χ1n) is 6.13. The van der Waals surface area contributed by atoms with E-state index in [-0.39, 0.29) is 11.7 Å². The van der Waals surface area contributed by atoms with Crippen molar-refractivity contribution in [1.82, 2.24) is 5.32 Å². The third kappa shape index (κ3) is 3.36. The van der Waals surface area contributed by atoms with Gasteiger partial charge in [0.05, 0.1) is 13.5 Å². The normalized spacial score (nSPS) is 10.7. The molecule has 0 aliphatic rings. The maximum Gasteiger partial charge on any atom is 0.371 e. The molecule has 0 amide bonds. The number of fused-ring (bicyclic) bond motifs is 1. The van der Waals surface area contributed by atoms with E-state index < -0.39 is 5.97 Å². The van der Waals surface area contributed by atoms with Gasteiger partial charge >= 0.3 is 11.9 Å². The van der Waals surface area contributed by atoms with Crippen LogP contribution < -0.4 is 5.32 Å². The van der Waals surface area contributed by atoms with Crippen LogP contribution in [0.5, 0.6) is 0 Å². The Labute approximate surface area is 115 Å². The topological polar surface area (TPSA) is 88.8 Å². The van der Waals surface area contributed by atoms with Gasteiger partial charge in [-0.1, -0.05) is 6.07 Å². The average molecular weight is 277 g/mol. The van der Waals surface area contributed by atoms with E-state index in [4.69, 9.17) is 9.52 Å². The van der Waals surface area contributed by atoms with Crippen LogP contribution in [0.25, 0.3) is 11.0 Å². The molecule has 0 bridgehead atoms. The summed E-state index contributed by atoms with van der Waals surface area (Å²) in [5, 5.41) is 12.7. The summed E-state index contributed by atoms with van der Waals surface area (Å²) >= 11 is 0. The van der Waals surface area contributed by atoms with Crippen molar-refractivity contribution in [3.8, 4) is 0 Å². The molecule has 0 aliphatic heterocycles. The number of aromatic carboxylic acids is 1. The van der Waals surface area contributed by atoms with Gasteiger partial charge in [-0.2, -0.15) is 0 Å². The van der Waals surface area contributed by atoms with Crippen molar-refractivity contribution in [1.29, 1.82) is 0 Å². The summed E-state index contributed by atoms with van der Waals surface area (Å²) in [5.41, 5.74) is 1.53. The molecule has 2 N–H and O–H groups in total. The van der Waals surface area contributed by atoms with Crippen LogP contribution in [0.3, 0.4) is 0 Å². The van der Waals surface area contributed by atoms with Crippen molar-refractivity contribution < 1.29 is 23.8 Å². The summed E-state index contributed by atoms with van der Waals surface area (Å²) in [6.45, 7) is 1.11. The molecule has 106 valence electrons. The number of hydrogen-bond donors (Lipinski definition) is 2. The van der Waals surface area contributed by atoms with E-state index in [0.717, 1.165) is 10.9 Å². The maximum absolute atomic E-state index is 10.9. The minimum absolute atomic E-state index is 0.0733. The van der Waals surface area contributed by atoms with Crippen molar-refractivity contribution >= 4 is 22.9 Å². The van der Waals surface area contributed by atoms with Gasteiger partial charge in [-0.05, 0) is 23.8 Å². The minimum Gasteiger partial charge on any atom is -0.475 e. The van der Waals surface area contributed by atoms with Crippen LogP contribution in [-0.4, -0.2) is 30.7 Å². The van der Waals surface area contributed by atoms with Crippen molar-refractivity contribution in [2.45, 2.75) is 13.0 Å². The Hall–Kier alpha value is -2.34. The molecule has 6 heteroatoms. The number of carboxylic acid groups (broad SMARTS) is 1. The molecule has 2 aromatic rings. The van der Waals surface area contributed by atoms with Gasteiger partial charge in [-0.3, -0.25) is 4.79 Å². The number of ether oxygens (including phenoxy) is 1.